The van der Waals surface area contributed by atoms with Gasteiger partial charge in [-0.25, -0.2) is 4.39 Å². The lowest BCUT2D eigenvalue weighted by molar-refractivity contribution is -0.126. The second-order valence-electron chi connectivity index (χ2n) is 5.84. The first-order valence-corrected chi connectivity index (χ1v) is 8.35. The molecular weight excluding hydrogens is 343 g/mol. The van der Waals surface area contributed by atoms with Crippen molar-refractivity contribution in [2.24, 2.45) is 0 Å². The minimum Gasteiger partial charge on any atom is -0.350 e. The van der Waals surface area contributed by atoms with Gasteiger partial charge in [0, 0.05) is 18.0 Å². The zero-order valence-corrected chi connectivity index (χ0v) is 14.6. The van der Waals surface area contributed by atoms with Gasteiger partial charge in [0.15, 0.2) is 0 Å². The van der Waals surface area contributed by atoms with Crippen LogP contribution in [0.25, 0.3) is 0 Å². The Balaban J connectivity index is 1.70. The van der Waals surface area contributed by atoms with Crippen LogP contribution in [0.15, 0.2) is 48.5 Å². The van der Waals surface area contributed by atoms with Crippen LogP contribution in [-0.2, 0) is 16.1 Å². The van der Waals surface area contributed by atoms with Crippen molar-refractivity contribution < 1.29 is 14.0 Å². The van der Waals surface area contributed by atoms with Crippen molar-refractivity contribution in [3.05, 3.63) is 70.5 Å². The monoisotopic (exact) mass is 362 g/mol. The Hall–Kier alpha value is -2.40. The van der Waals surface area contributed by atoms with E-state index in [4.69, 9.17) is 11.6 Å². The Morgan fingerprint density at radius 3 is 2.28 bits per heavy atom. The van der Waals surface area contributed by atoms with E-state index in [1.807, 2.05) is 19.1 Å². The molecule has 0 radical (unpaired) electrons. The van der Waals surface area contributed by atoms with Crippen LogP contribution in [0, 0.1) is 5.82 Å². The van der Waals surface area contributed by atoms with Crippen LogP contribution < -0.4 is 10.6 Å². The minimum absolute atomic E-state index is 0.0577. The lowest BCUT2D eigenvalue weighted by Gasteiger charge is -2.12. The summed E-state index contributed by atoms with van der Waals surface area (Å²) < 4.78 is 12.9. The molecule has 0 aromatic heterocycles. The van der Waals surface area contributed by atoms with Crippen LogP contribution in [0.1, 0.15) is 30.4 Å². The van der Waals surface area contributed by atoms with E-state index >= 15 is 0 Å². The summed E-state index contributed by atoms with van der Waals surface area (Å²) >= 11 is 5.80. The quantitative estimate of drug-likeness (QED) is 0.793. The van der Waals surface area contributed by atoms with Gasteiger partial charge in [0.05, 0.1) is 6.54 Å². The SMILES string of the molecule is CC(CC(=O)NCC(=O)NCc1ccc(Cl)cc1)c1ccc(F)cc1. The summed E-state index contributed by atoms with van der Waals surface area (Å²) in [6, 6.07) is 13.2. The summed E-state index contributed by atoms with van der Waals surface area (Å²) in [5, 5.41) is 5.96. The predicted octanol–water partition coefficient (Wildman–Crippen LogP) is 3.41. The predicted molar refractivity (Wildman–Crippen MR) is 95.7 cm³/mol. The third kappa shape index (κ3) is 6.55. The Labute approximate surface area is 151 Å². The summed E-state index contributed by atoms with van der Waals surface area (Å²) in [5.41, 5.74) is 1.80. The number of carbonyl (C=O) groups is 2. The molecule has 0 heterocycles. The van der Waals surface area contributed by atoms with Crippen LogP contribution in [0.2, 0.25) is 5.02 Å². The molecule has 2 aromatic carbocycles. The molecular formula is C19H20ClFN2O2. The van der Waals surface area contributed by atoms with Crippen LogP contribution in [0.4, 0.5) is 4.39 Å². The molecule has 0 aliphatic heterocycles. The molecule has 1 atom stereocenters. The first-order valence-electron chi connectivity index (χ1n) is 7.97. The number of carbonyl (C=O) groups excluding carboxylic acids is 2. The van der Waals surface area contributed by atoms with Crippen molar-refractivity contribution >= 4 is 23.4 Å². The number of nitrogens with one attached hydrogen (secondary N) is 2. The smallest absolute Gasteiger partial charge is 0.239 e. The van der Waals surface area contributed by atoms with Gasteiger partial charge in [-0.2, -0.15) is 0 Å². The number of benzene rings is 2. The van der Waals surface area contributed by atoms with Crippen molar-refractivity contribution in [1.82, 2.24) is 10.6 Å². The molecule has 0 spiro atoms. The fourth-order valence-corrected chi connectivity index (χ4v) is 2.43. The molecule has 0 aliphatic carbocycles. The van der Waals surface area contributed by atoms with Gasteiger partial charge in [-0.1, -0.05) is 42.8 Å². The molecule has 1 unspecified atom stereocenters. The van der Waals surface area contributed by atoms with Gasteiger partial charge in [-0.15, -0.1) is 0 Å². The highest BCUT2D eigenvalue weighted by molar-refractivity contribution is 6.30. The molecule has 2 amide bonds. The van der Waals surface area contributed by atoms with Crippen LogP contribution >= 0.6 is 11.6 Å². The standard InChI is InChI=1S/C19H20ClFN2O2/c1-13(15-4-8-17(21)9-5-15)10-18(24)23-12-19(25)22-11-14-2-6-16(20)7-3-14/h2-9,13H,10-12H2,1H3,(H,22,25)(H,23,24). The van der Waals surface area contributed by atoms with E-state index in [0.29, 0.717) is 11.6 Å². The minimum atomic E-state index is -0.308. The normalized spacial score (nSPS) is 11.6. The lowest BCUT2D eigenvalue weighted by Crippen LogP contribution is -2.36. The number of halogens is 2. The van der Waals surface area contributed by atoms with Gasteiger partial charge in [-0.05, 0) is 41.3 Å². The number of rotatable bonds is 7. The highest BCUT2D eigenvalue weighted by atomic mass is 35.5. The molecule has 132 valence electrons. The van der Waals surface area contributed by atoms with Gasteiger partial charge in [0.2, 0.25) is 11.8 Å². The largest absolute Gasteiger partial charge is 0.350 e. The van der Waals surface area contributed by atoms with Gasteiger partial charge in [-0.3, -0.25) is 9.59 Å². The lowest BCUT2D eigenvalue weighted by atomic mass is 9.97. The Bertz CT molecular complexity index is 717. The fraction of sp³-hybridized carbons (Fsp3) is 0.263. The summed E-state index contributed by atoms with van der Waals surface area (Å²) in [5.74, 6) is -0.855. The van der Waals surface area contributed by atoms with Crippen molar-refractivity contribution in [2.45, 2.75) is 25.8 Å². The van der Waals surface area contributed by atoms with Crippen molar-refractivity contribution in [3.63, 3.8) is 0 Å². The zero-order chi connectivity index (χ0) is 18.2. The molecule has 2 rings (SSSR count). The molecule has 2 aromatic rings. The molecule has 0 saturated heterocycles. The average Bonchev–Trinajstić information content (AvgIpc) is 2.60. The number of hydrogen-bond donors (Lipinski definition) is 2. The van der Waals surface area contributed by atoms with Gasteiger partial charge < -0.3 is 10.6 Å². The maximum Gasteiger partial charge on any atom is 0.239 e. The van der Waals surface area contributed by atoms with Crippen molar-refractivity contribution in [1.29, 1.82) is 0 Å². The third-order valence-corrected chi connectivity index (χ3v) is 4.03. The van der Waals surface area contributed by atoms with E-state index in [0.717, 1.165) is 11.1 Å². The molecule has 0 saturated carbocycles. The molecule has 25 heavy (non-hydrogen) atoms. The molecule has 0 aliphatic rings. The van der Waals surface area contributed by atoms with E-state index in [1.165, 1.54) is 12.1 Å². The van der Waals surface area contributed by atoms with E-state index in [9.17, 15) is 14.0 Å². The van der Waals surface area contributed by atoms with Crippen LogP contribution in [-0.4, -0.2) is 18.4 Å². The summed E-state index contributed by atoms with van der Waals surface area (Å²) in [4.78, 5) is 23.7. The summed E-state index contributed by atoms with van der Waals surface area (Å²) in [6.07, 6.45) is 0.232. The highest BCUT2D eigenvalue weighted by Gasteiger charge is 2.12. The first-order chi connectivity index (χ1) is 11.9. The van der Waals surface area contributed by atoms with Crippen LogP contribution in [0.3, 0.4) is 0 Å². The van der Waals surface area contributed by atoms with Crippen molar-refractivity contribution in [2.75, 3.05) is 6.54 Å². The number of amides is 2. The van der Waals surface area contributed by atoms with E-state index in [2.05, 4.69) is 10.6 Å². The Morgan fingerprint density at radius 2 is 1.64 bits per heavy atom. The fourth-order valence-electron chi connectivity index (χ4n) is 2.30. The van der Waals surface area contributed by atoms with E-state index in [-0.39, 0.29) is 36.5 Å². The van der Waals surface area contributed by atoms with Crippen molar-refractivity contribution in [3.8, 4) is 0 Å². The first kappa shape index (κ1) is 18.9. The third-order valence-electron chi connectivity index (χ3n) is 3.78. The Morgan fingerprint density at radius 1 is 1.00 bits per heavy atom. The molecule has 0 fully saturated rings. The topological polar surface area (TPSA) is 58.2 Å². The van der Waals surface area contributed by atoms with E-state index in [1.54, 1.807) is 24.3 Å². The molecule has 6 heteroatoms. The second-order valence-corrected chi connectivity index (χ2v) is 6.27. The highest BCUT2D eigenvalue weighted by Crippen LogP contribution is 2.18. The Kier molecular flexibility index (Phi) is 6.95. The summed E-state index contributed by atoms with van der Waals surface area (Å²) in [6.45, 7) is 2.17. The zero-order valence-electron chi connectivity index (χ0n) is 13.9. The molecule has 4 nitrogen and oxygen atoms in total. The maximum absolute atomic E-state index is 12.9. The molecule has 0 bridgehead atoms. The molecule has 2 N–H and O–H groups in total. The number of hydrogen-bond acceptors (Lipinski definition) is 2. The van der Waals surface area contributed by atoms with Gasteiger partial charge in [0.1, 0.15) is 5.82 Å². The maximum atomic E-state index is 12.9. The van der Waals surface area contributed by atoms with Gasteiger partial charge in [0.25, 0.3) is 0 Å². The van der Waals surface area contributed by atoms with Gasteiger partial charge >= 0.3 is 0 Å². The second kappa shape index (κ2) is 9.18. The average molecular weight is 363 g/mol. The summed E-state index contributed by atoms with van der Waals surface area (Å²) in [7, 11) is 0. The van der Waals surface area contributed by atoms with E-state index < -0.39 is 0 Å². The van der Waals surface area contributed by atoms with Crippen LogP contribution in [0.5, 0.6) is 0 Å².